The quantitative estimate of drug-likeness (QED) is 0.919. The molecule has 1 aliphatic rings. The van der Waals surface area contributed by atoms with E-state index in [1.54, 1.807) is 11.3 Å². The Morgan fingerprint density at radius 1 is 1.50 bits per heavy atom. The van der Waals surface area contributed by atoms with Crippen molar-refractivity contribution in [2.24, 2.45) is 11.7 Å². The van der Waals surface area contributed by atoms with Gasteiger partial charge >= 0.3 is 0 Å². The zero-order valence-corrected chi connectivity index (χ0v) is 13.7. The Hall–Kier alpha value is 0.0600. The van der Waals surface area contributed by atoms with Crippen LogP contribution in [-0.4, -0.2) is 49.6 Å². The minimum absolute atomic E-state index is 0.369. The van der Waals surface area contributed by atoms with E-state index < -0.39 is 0 Å². The molecule has 0 saturated carbocycles. The van der Waals surface area contributed by atoms with Gasteiger partial charge in [0.2, 0.25) is 0 Å². The smallest absolute Gasteiger partial charge is 0.0702 e. The Bertz CT molecular complexity index is 393. The summed E-state index contributed by atoms with van der Waals surface area (Å²) in [5, 5.41) is 0. The Morgan fingerprint density at radius 2 is 2.22 bits per heavy atom. The number of likely N-dealkylation sites (N-methyl/N-ethyl adjacent to an activating group) is 1. The number of halogens is 1. The monoisotopic (exact) mass is 331 g/mol. The summed E-state index contributed by atoms with van der Waals surface area (Å²) < 4.78 is 1.19. The topological polar surface area (TPSA) is 32.5 Å². The van der Waals surface area contributed by atoms with Gasteiger partial charge in [-0.2, -0.15) is 0 Å². The zero-order valence-electron chi connectivity index (χ0n) is 11.3. The van der Waals surface area contributed by atoms with E-state index in [1.807, 2.05) is 0 Å². The van der Waals surface area contributed by atoms with Crippen molar-refractivity contribution in [3.63, 3.8) is 0 Å². The summed E-state index contributed by atoms with van der Waals surface area (Å²) in [6.07, 6.45) is 0. The molecule has 0 bridgehead atoms. The molecule has 2 heterocycles. The third-order valence-corrected chi connectivity index (χ3v) is 5.58. The fourth-order valence-electron chi connectivity index (χ4n) is 2.87. The van der Waals surface area contributed by atoms with Crippen LogP contribution in [0, 0.1) is 5.92 Å². The van der Waals surface area contributed by atoms with E-state index in [0.717, 1.165) is 13.1 Å². The number of likely N-dealkylation sites (tertiary alicyclic amines) is 1. The van der Waals surface area contributed by atoms with E-state index in [1.165, 1.54) is 8.66 Å². The molecule has 1 aromatic rings. The maximum absolute atomic E-state index is 6.00. The number of hydrogen-bond acceptors (Lipinski definition) is 4. The first kappa shape index (κ1) is 14.5. The van der Waals surface area contributed by atoms with Crippen LogP contribution in [0.15, 0.2) is 15.9 Å². The molecule has 0 aromatic carbocycles. The summed E-state index contributed by atoms with van der Waals surface area (Å²) in [6.45, 7) is 5.29. The molecule has 3 atom stereocenters. The van der Waals surface area contributed by atoms with Crippen LogP contribution < -0.4 is 5.73 Å². The van der Waals surface area contributed by atoms with Crippen LogP contribution in [0.3, 0.4) is 0 Å². The maximum Gasteiger partial charge on any atom is 0.0702 e. The molecular formula is C13H22BrN3S. The van der Waals surface area contributed by atoms with Crippen LogP contribution >= 0.6 is 27.3 Å². The second kappa shape index (κ2) is 6.01. The zero-order chi connectivity index (χ0) is 13.3. The van der Waals surface area contributed by atoms with Crippen molar-refractivity contribution in [3.05, 3.63) is 20.8 Å². The van der Waals surface area contributed by atoms with Gasteiger partial charge in [-0.15, -0.1) is 11.3 Å². The first-order valence-electron chi connectivity index (χ1n) is 6.38. The summed E-state index contributed by atoms with van der Waals surface area (Å²) in [5.41, 5.74) is 6.00. The Morgan fingerprint density at radius 3 is 2.67 bits per heavy atom. The van der Waals surface area contributed by atoms with Gasteiger partial charge in [-0.1, -0.05) is 6.92 Å². The predicted molar refractivity (Wildman–Crippen MR) is 82.0 cm³/mol. The van der Waals surface area contributed by atoms with Crippen LogP contribution in [-0.2, 0) is 0 Å². The Kier molecular flexibility index (Phi) is 4.83. The Balaban J connectivity index is 2.11. The summed E-state index contributed by atoms with van der Waals surface area (Å²) in [4.78, 5) is 6.24. The lowest BCUT2D eigenvalue weighted by molar-refractivity contribution is 0.221. The number of nitrogens with two attached hydrogens (primary N) is 1. The van der Waals surface area contributed by atoms with E-state index in [0.29, 0.717) is 24.5 Å². The number of rotatable bonds is 4. The molecule has 1 fully saturated rings. The van der Waals surface area contributed by atoms with Gasteiger partial charge in [-0.25, -0.2) is 0 Å². The minimum atomic E-state index is 0.369. The molecule has 0 amide bonds. The van der Waals surface area contributed by atoms with Crippen LogP contribution in [0.4, 0.5) is 0 Å². The normalized spacial score (nSPS) is 27.0. The molecule has 0 radical (unpaired) electrons. The fourth-order valence-corrected chi connectivity index (χ4v) is 4.44. The van der Waals surface area contributed by atoms with Gasteiger partial charge in [-0.05, 0) is 48.1 Å². The molecule has 5 heteroatoms. The van der Waals surface area contributed by atoms with E-state index in [2.05, 4.69) is 58.9 Å². The summed E-state index contributed by atoms with van der Waals surface area (Å²) in [6, 6.07) is 5.32. The van der Waals surface area contributed by atoms with Gasteiger partial charge in [0.05, 0.1) is 9.83 Å². The van der Waals surface area contributed by atoms with Crippen LogP contribution in [0.1, 0.15) is 17.8 Å². The number of hydrogen-bond donors (Lipinski definition) is 1. The van der Waals surface area contributed by atoms with Crippen molar-refractivity contribution < 1.29 is 0 Å². The average Bonchev–Trinajstić information content (AvgIpc) is 2.87. The van der Waals surface area contributed by atoms with Crippen molar-refractivity contribution >= 4 is 27.3 Å². The fraction of sp³-hybridized carbons (Fsp3) is 0.692. The molecule has 2 rings (SSSR count). The molecule has 2 N–H and O–H groups in total. The lowest BCUT2D eigenvalue weighted by Gasteiger charge is -2.27. The average molecular weight is 332 g/mol. The second-order valence-corrected chi connectivity index (χ2v) is 7.85. The van der Waals surface area contributed by atoms with Gasteiger partial charge < -0.3 is 10.6 Å². The van der Waals surface area contributed by atoms with E-state index >= 15 is 0 Å². The van der Waals surface area contributed by atoms with Gasteiger partial charge in [0.15, 0.2) is 0 Å². The molecule has 1 aromatic heterocycles. The van der Waals surface area contributed by atoms with Crippen LogP contribution in [0.2, 0.25) is 0 Å². The number of nitrogens with zero attached hydrogens (tertiary/aromatic N) is 2. The molecule has 0 spiro atoms. The SMILES string of the molecule is CC1CN(C(CN)c2ccc(Br)s2)CC1N(C)C. The van der Waals surface area contributed by atoms with Gasteiger partial charge in [0, 0.05) is 30.6 Å². The van der Waals surface area contributed by atoms with Crippen molar-refractivity contribution in [2.45, 2.75) is 19.0 Å². The summed E-state index contributed by atoms with van der Waals surface area (Å²) in [5.74, 6) is 0.706. The molecule has 1 saturated heterocycles. The molecule has 102 valence electrons. The molecule has 1 aliphatic heterocycles. The first-order chi connectivity index (χ1) is 8.52. The second-order valence-electron chi connectivity index (χ2n) is 5.36. The van der Waals surface area contributed by atoms with Crippen LogP contribution in [0.5, 0.6) is 0 Å². The van der Waals surface area contributed by atoms with Crippen molar-refractivity contribution in [2.75, 3.05) is 33.7 Å². The van der Waals surface area contributed by atoms with Gasteiger partial charge in [0.1, 0.15) is 0 Å². The van der Waals surface area contributed by atoms with Gasteiger partial charge in [-0.3, -0.25) is 4.90 Å². The minimum Gasteiger partial charge on any atom is -0.329 e. The number of thiophene rings is 1. The molecule has 18 heavy (non-hydrogen) atoms. The highest BCUT2D eigenvalue weighted by molar-refractivity contribution is 9.11. The van der Waals surface area contributed by atoms with E-state index in [9.17, 15) is 0 Å². The Labute approximate surface area is 122 Å². The first-order valence-corrected chi connectivity index (χ1v) is 7.99. The van der Waals surface area contributed by atoms with Crippen LogP contribution in [0.25, 0.3) is 0 Å². The van der Waals surface area contributed by atoms with E-state index in [4.69, 9.17) is 5.73 Å². The van der Waals surface area contributed by atoms with Crippen molar-refractivity contribution in [3.8, 4) is 0 Å². The van der Waals surface area contributed by atoms with Gasteiger partial charge in [0.25, 0.3) is 0 Å². The lowest BCUT2D eigenvalue weighted by Crippen LogP contribution is -2.36. The molecule has 0 aliphatic carbocycles. The van der Waals surface area contributed by atoms with E-state index in [-0.39, 0.29) is 0 Å². The highest BCUT2D eigenvalue weighted by Crippen LogP contribution is 2.34. The summed E-state index contributed by atoms with van der Waals surface area (Å²) >= 11 is 5.34. The third-order valence-electron chi connectivity index (χ3n) is 3.85. The van der Waals surface area contributed by atoms with Crippen molar-refractivity contribution in [1.29, 1.82) is 0 Å². The predicted octanol–water partition coefficient (Wildman–Crippen LogP) is 2.39. The third kappa shape index (κ3) is 2.96. The molecule has 3 nitrogen and oxygen atoms in total. The highest BCUT2D eigenvalue weighted by atomic mass is 79.9. The molecule has 3 unspecified atom stereocenters. The largest absolute Gasteiger partial charge is 0.329 e. The summed E-state index contributed by atoms with van der Waals surface area (Å²) in [7, 11) is 4.34. The highest BCUT2D eigenvalue weighted by Gasteiger charge is 2.35. The lowest BCUT2D eigenvalue weighted by atomic mass is 10.1. The molecular weight excluding hydrogens is 310 g/mol. The standard InChI is InChI=1S/C13H22BrN3S/c1-9-7-17(8-11(9)16(2)3)10(6-15)12-4-5-13(14)18-12/h4-5,9-11H,6-8,15H2,1-3H3. The van der Waals surface area contributed by atoms with Crippen molar-refractivity contribution in [1.82, 2.24) is 9.80 Å². The maximum atomic E-state index is 6.00.